The molecular weight excluding hydrogens is 262 g/mol. The van der Waals surface area contributed by atoms with Crippen LogP contribution in [0, 0.1) is 0 Å². The summed E-state index contributed by atoms with van der Waals surface area (Å²) < 4.78 is 15.1. The molecule has 0 radical (unpaired) electrons. The van der Waals surface area contributed by atoms with Gasteiger partial charge >= 0.3 is 5.97 Å². The summed E-state index contributed by atoms with van der Waals surface area (Å²) >= 11 is 0. The van der Waals surface area contributed by atoms with E-state index < -0.39 is 5.97 Å². The molecule has 1 aromatic carbocycles. The number of carbonyl (C=O) groups is 2. The Labute approximate surface area is 117 Å². The Kier molecular flexibility index (Phi) is 6.09. The lowest BCUT2D eigenvalue weighted by molar-refractivity contribution is -0.143. The highest BCUT2D eigenvalue weighted by Crippen LogP contribution is 2.31. The van der Waals surface area contributed by atoms with Crippen LogP contribution >= 0.6 is 0 Å². The summed E-state index contributed by atoms with van der Waals surface area (Å²) in [5.74, 6) is 0.0999. The molecule has 6 nitrogen and oxygen atoms in total. The number of amides is 1. The van der Waals surface area contributed by atoms with Crippen molar-refractivity contribution in [1.82, 2.24) is 5.32 Å². The van der Waals surface area contributed by atoms with Crippen molar-refractivity contribution in [1.29, 1.82) is 0 Å². The minimum Gasteiger partial charge on any atom is -0.493 e. The Morgan fingerprint density at radius 3 is 2.60 bits per heavy atom. The molecule has 0 unspecified atom stereocenters. The Morgan fingerprint density at radius 2 is 2.00 bits per heavy atom. The summed E-state index contributed by atoms with van der Waals surface area (Å²) in [7, 11) is 4.51. The first kappa shape index (κ1) is 15.6. The second kappa shape index (κ2) is 7.83. The zero-order chi connectivity index (χ0) is 15.0. The van der Waals surface area contributed by atoms with Crippen molar-refractivity contribution >= 4 is 18.0 Å². The summed E-state index contributed by atoms with van der Waals surface area (Å²) in [5, 5.41) is 2.35. The van der Waals surface area contributed by atoms with Gasteiger partial charge in [0, 0.05) is 18.7 Å². The molecule has 6 heteroatoms. The first-order valence-corrected chi connectivity index (χ1v) is 5.88. The van der Waals surface area contributed by atoms with Gasteiger partial charge in [0.05, 0.1) is 14.2 Å². The van der Waals surface area contributed by atoms with Crippen molar-refractivity contribution in [2.45, 2.75) is 0 Å². The van der Waals surface area contributed by atoms with Gasteiger partial charge in [-0.05, 0) is 12.1 Å². The summed E-state index contributed by atoms with van der Waals surface area (Å²) in [5.41, 5.74) is 0.670. The molecule has 0 aliphatic heterocycles. The number of esters is 1. The van der Waals surface area contributed by atoms with Gasteiger partial charge in [0.1, 0.15) is 0 Å². The molecule has 20 heavy (non-hydrogen) atoms. The maximum atomic E-state index is 11.4. The Bertz CT molecular complexity index is 510. The molecule has 0 saturated heterocycles. The maximum absolute atomic E-state index is 11.4. The van der Waals surface area contributed by atoms with Crippen LogP contribution in [0.15, 0.2) is 24.3 Å². The van der Waals surface area contributed by atoms with Crippen LogP contribution in [0.5, 0.6) is 11.5 Å². The highest BCUT2D eigenvalue weighted by atomic mass is 16.5. The van der Waals surface area contributed by atoms with Gasteiger partial charge in [-0.1, -0.05) is 12.1 Å². The lowest BCUT2D eigenvalue weighted by atomic mass is 10.1. The Morgan fingerprint density at radius 1 is 1.25 bits per heavy atom. The van der Waals surface area contributed by atoms with Gasteiger partial charge in [0.2, 0.25) is 0 Å². The summed E-state index contributed by atoms with van der Waals surface area (Å²) in [6.07, 6.45) is 2.76. The molecule has 0 heterocycles. The van der Waals surface area contributed by atoms with Crippen molar-refractivity contribution in [2.75, 3.05) is 27.9 Å². The molecule has 0 bridgehead atoms. The molecule has 0 aliphatic carbocycles. The number of para-hydroxylation sites is 1. The maximum Gasteiger partial charge on any atom is 0.331 e. The molecule has 1 amide bonds. The lowest BCUT2D eigenvalue weighted by Gasteiger charge is -2.09. The largest absolute Gasteiger partial charge is 0.493 e. The SMILES string of the molecule is CNC(=O)COC(=O)/C=C/c1cccc(OC)c1OC. The normalized spacial score (nSPS) is 10.2. The highest BCUT2D eigenvalue weighted by molar-refractivity contribution is 5.89. The number of hydrogen-bond acceptors (Lipinski definition) is 5. The molecule has 0 aliphatic rings. The lowest BCUT2D eigenvalue weighted by Crippen LogP contribution is -2.24. The molecule has 0 fully saturated rings. The van der Waals surface area contributed by atoms with Crippen molar-refractivity contribution in [3.05, 3.63) is 29.8 Å². The summed E-state index contributed by atoms with van der Waals surface area (Å²) in [4.78, 5) is 22.4. The van der Waals surface area contributed by atoms with Gasteiger partial charge in [0.25, 0.3) is 5.91 Å². The van der Waals surface area contributed by atoms with Crippen LogP contribution in [-0.4, -0.2) is 39.8 Å². The van der Waals surface area contributed by atoms with E-state index in [-0.39, 0.29) is 12.5 Å². The zero-order valence-corrected chi connectivity index (χ0v) is 11.6. The average molecular weight is 279 g/mol. The number of hydrogen-bond donors (Lipinski definition) is 1. The molecule has 0 atom stereocenters. The van der Waals surface area contributed by atoms with Crippen molar-refractivity contribution in [3.8, 4) is 11.5 Å². The van der Waals surface area contributed by atoms with E-state index in [1.165, 1.54) is 33.4 Å². The van der Waals surface area contributed by atoms with Crippen molar-refractivity contribution in [2.24, 2.45) is 0 Å². The fraction of sp³-hybridized carbons (Fsp3) is 0.286. The Balaban J connectivity index is 2.75. The number of likely N-dealkylation sites (N-methyl/N-ethyl adjacent to an activating group) is 1. The minimum absolute atomic E-state index is 0.311. The molecule has 0 saturated carbocycles. The number of methoxy groups -OCH3 is 2. The van der Waals surface area contributed by atoms with Gasteiger partial charge in [0.15, 0.2) is 18.1 Å². The number of carbonyl (C=O) groups excluding carboxylic acids is 2. The topological polar surface area (TPSA) is 73.9 Å². The van der Waals surface area contributed by atoms with E-state index in [4.69, 9.17) is 14.2 Å². The quantitative estimate of drug-likeness (QED) is 0.621. The third kappa shape index (κ3) is 4.31. The fourth-order valence-electron chi connectivity index (χ4n) is 1.46. The molecule has 1 rings (SSSR count). The fourth-order valence-corrected chi connectivity index (χ4v) is 1.46. The van der Waals surface area contributed by atoms with Crippen LogP contribution < -0.4 is 14.8 Å². The van der Waals surface area contributed by atoms with Crippen LogP contribution in [0.3, 0.4) is 0 Å². The van der Waals surface area contributed by atoms with E-state index in [0.29, 0.717) is 17.1 Å². The van der Waals surface area contributed by atoms with E-state index in [1.807, 2.05) is 0 Å². The zero-order valence-electron chi connectivity index (χ0n) is 11.6. The molecule has 1 N–H and O–H groups in total. The molecule has 0 aromatic heterocycles. The summed E-state index contributed by atoms with van der Waals surface area (Å²) in [6.45, 7) is -0.311. The van der Waals surface area contributed by atoms with Crippen LogP contribution in [0.1, 0.15) is 5.56 Å². The predicted molar refractivity (Wildman–Crippen MR) is 73.6 cm³/mol. The van der Waals surface area contributed by atoms with E-state index in [2.05, 4.69) is 5.32 Å². The Hall–Kier alpha value is -2.50. The number of rotatable bonds is 6. The second-order valence-corrected chi connectivity index (χ2v) is 3.70. The van der Waals surface area contributed by atoms with Crippen LogP contribution in [0.4, 0.5) is 0 Å². The number of benzene rings is 1. The van der Waals surface area contributed by atoms with Gasteiger partial charge in [-0.2, -0.15) is 0 Å². The predicted octanol–water partition coefficient (Wildman–Crippen LogP) is 1.01. The van der Waals surface area contributed by atoms with E-state index in [0.717, 1.165) is 0 Å². The van der Waals surface area contributed by atoms with Crippen molar-refractivity contribution < 1.29 is 23.8 Å². The first-order chi connectivity index (χ1) is 9.62. The van der Waals surface area contributed by atoms with E-state index >= 15 is 0 Å². The monoisotopic (exact) mass is 279 g/mol. The third-order valence-corrected chi connectivity index (χ3v) is 2.46. The standard InChI is InChI=1S/C14H17NO5/c1-15-12(16)9-20-13(17)8-7-10-5-4-6-11(18-2)14(10)19-3/h4-8H,9H2,1-3H3,(H,15,16)/b8-7+. The molecular formula is C14H17NO5. The second-order valence-electron chi connectivity index (χ2n) is 3.70. The molecule has 1 aromatic rings. The van der Waals surface area contributed by atoms with Crippen LogP contribution in [0.2, 0.25) is 0 Å². The van der Waals surface area contributed by atoms with E-state index in [1.54, 1.807) is 18.2 Å². The smallest absolute Gasteiger partial charge is 0.331 e. The van der Waals surface area contributed by atoms with E-state index in [9.17, 15) is 9.59 Å². The first-order valence-electron chi connectivity index (χ1n) is 5.88. The average Bonchev–Trinajstić information content (AvgIpc) is 2.49. The number of nitrogens with one attached hydrogen (secondary N) is 1. The molecule has 0 spiro atoms. The van der Waals surface area contributed by atoms with Gasteiger partial charge in [-0.3, -0.25) is 4.79 Å². The van der Waals surface area contributed by atoms with Crippen LogP contribution in [-0.2, 0) is 14.3 Å². The van der Waals surface area contributed by atoms with Gasteiger partial charge in [-0.15, -0.1) is 0 Å². The van der Waals surface area contributed by atoms with Gasteiger partial charge < -0.3 is 19.5 Å². The minimum atomic E-state index is -0.613. The molecule has 108 valence electrons. The highest BCUT2D eigenvalue weighted by Gasteiger charge is 2.08. The van der Waals surface area contributed by atoms with Crippen molar-refractivity contribution in [3.63, 3.8) is 0 Å². The van der Waals surface area contributed by atoms with Gasteiger partial charge in [-0.25, -0.2) is 4.79 Å². The summed E-state index contributed by atoms with van der Waals surface area (Å²) in [6, 6.07) is 5.29. The van der Waals surface area contributed by atoms with Crippen LogP contribution in [0.25, 0.3) is 6.08 Å². The number of ether oxygens (including phenoxy) is 3. The third-order valence-electron chi connectivity index (χ3n) is 2.46.